The minimum absolute atomic E-state index is 0.257. The molecule has 5 heteroatoms. The summed E-state index contributed by atoms with van der Waals surface area (Å²) in [7, 11) is 2.02. The highest BCUT2D eigenvalue weighted by Gasteiger charge is 2.13. The van der Waals surface area contributed by atoms with Gasteiger partial charge in [-0.25, -0.2) is 14.4 Å². The molecule has 3 rings (SSSR count). The molecule has 4 nitrogen and oxygen atoms in total. The lowest BCUT2D eigenvalue weighted by molar-refractivity contribution is 0.291. The zero-order chi connectivity index (χ0) is 13.9. The van der Waals surface area contributed by atoms with Crippen LogP contribution in [0.1, 0.15) is 5.56 Å². The second-order valence-corrected chi connectivity index (χ2v) is 4.85. The summed E-state index contributed by atoms with van der Waals surface area (Å²) >= 11 is 0. The van der Waals surface area contributed by atoms with Crippen LogP contribution in [0.2, 0.25) is 0 Å². The van der Waals surface area contributed by atoms with Crippen molar-refractivity contribution in [2.45, 2.75) is 6.54 Å². The van der Waals surface area contributed by atoms with E-state index in [1.807, 2.05) is 25.5 Å². The normalized spacial score (nSPS) is 14.1. The van der Waals surface area contributed by atoms with Gasteiger partial charge in [0, 0.05) is 43.3 Å². The zero-order valence-corrected chi connectivity index (χ0v) is 11.2. The predicted octanol–water partition coefficient (Wildman–Crippen LogP) is 2.46. The van der Waals surface area contributed by atoms with Gasteiger partial charge in [-0.05, 0) is 12.1 Å². The van der Waals surface area contributed by atoms with E-state index < -0.39 is 0 Å². The molecular weight excluding hydrogens is 255 g/mol. The Morgan fingerprint density at radius 3 is 2.95 bits per heavy atom. The maximum Gasteiger partial charge on any atom is 0.123 e. The molecule has 0 fully saturated rings. The average molecular weight is 270 g/mol. The van der Waals surface area contributed by atoms with E-state index in [1.165, 1.54) is 18.5 Å². The molecule has 0 bridgehead atoms. The standard InChI is InChI=1S/C15H15FN4/c1-19-5-6-20(11-19)9-13-8-17-10-18-15(13)12-3-2-4-14(16)7-12/h2-8,10H,9,11H2,1H3. The number of nitrogens with zero attached hydrogens (tertiary/aromatic N) is 4. The van der Waals surface area contributed by atoms with Crippen molar-refractivity contribution in [3.8, 4) is 11.3 Å². The van der Waals surface area contributed by atoms with Crippen LogP contribution in [0, 0.1) is 5.82 Å². The van der Waals surface area contributed by atoms with Gasteiger partial charge in [0.25, 0.3) is 0 Å². The van der Waals surface area contributed by atoms with E-state index >= 15 is 0 Å². The van der Waals surface area contributed by atoms with Crippen molar-refractivity contribution in [2.75, 3.05) is 13.7 Å². The van der Waals surface area contributed by atoms with Crippen molar-refractivity contribution in [1.82, 2.24) is 19.8 Å². The van der Waals surface area contributed by atoms with Crippen LogP contribution >= 0.6 is 0 Å². The highest BCUT2D eigenvalue weighted by molar-refractivity contribution is 5.62. The number of hydrogen-bond acceptors (Lipinski definition) is 4. The summed E-state index contributed by atoms with van der Waals surface area (Å²) in [6.45, 7) is 1.53. The zero-order valence-electron chi connectivity index (χ0n) is 11.2. The molecule has 0 N–H and O–H groups in total. The highest BCUT2D eigenvalue weighted by Crippen LogP contribution is 2.23. The third-order valence-corrected chi connectivity index (χ3v) is 3.20. The fourth-order valence-corrected chi connectivity index (χ4v) is 2.28. The van der Waals surface area contributed by atoms with Crippen LogP contribution in [-0.2, 0) is 6.54 Å². The van der Waals surface area contributed by atoms with Gasteiger partial charge in [0.1, 0.15) is 12.1 Å². The van der Waals surface area contributed by atoms with Crippen LogP contribution in [0.5, 0.6) is 0 Å². The van der Waals surface area contributed by atoms with Gasteiger partial charge in [-0.1, -0.05) is 12.1 Å². The van der Waals surface area contributed by atoms with E-state index in [0.717, 1.165) is 23.5 Å². The molecule has 0 saturated heterocycles. The molecule has 0 aliphatic carbocycles. The largest absolute Gasteiger partial charge is 0.362 e. The Labute approximate surface area is 117 Å². The second-order valence-electron chi connectivity index (χ2n) is 4.85. The number of halogens is 1. The topological polar surface area (TPSA) is 32.3 Å². The lowest BCUT2D eigenvalue weighted by atomic mass is 10.1. The maximum atomic E-state index is 13.4. The van der Waals surface area contributed by atoms with E-state index in [9.17, 15) is 4.39 Å². The van der Waals surface area contributed by atoms with Gasteiger partial charge in [0.15, 0.2) is 0 Å². The van der Waals surface area contributed by atoms with Crippen LogP contribution in [-0.4, -0.2) is 33.5 Å². The highest BCUT2D eigenvalue weighted by atomic mass is 19.1. The van der Waals surface area contributed by atoms with Gasteiger partial charge in [-0.15, -0.1) is 0 Å². The lowest BCUT2D eigenvalue weighted by Crippen LogP contribution is -2.22. The summed E-state index contributed by atoms with van der Waals surface area (Å²) < 4.78 is 13.4. The molecule has 2 aromatic rings. The van der Waals surface area contributed by atoms with E-state index in [4.69, 9.17) is 0 Å². The Kier molecular flexibility index (Phi) is 3.33. The molecule has 1 aromatic carbocycles. The van der Waals surface area contributed by atoms with Crippen LogP contribution in [0.15, 0.2) is 49.2 Å². The summed E-state index contributed by atoms with van der Waals surface area (Å²) in [4.78, 5) is 12.6. The summed E-state index contributed by atoms with van der Waals surface area (Å²) in [6, 6.07) is 6.49. The van der Waals surface area contributed by atoms with Gasteiger partial charge in [-0.3, -0.25) is 0 Å². The van der Waals surface area contributed by atoms with E-state index in [-0.39, 0.29) is 5.82 Å². The molecule has 0 atom stereocenters. The Balaban J connectivity index is 1.90. The summed E-state index contributed by atoms with van der Waals surface area (Å²) in [6.07, 6.45) is 7.34. The van der Waals surface area contributed by atoms with Crippen LogP contribution in [0.3, 0.4) is 0 Å². The van der Waals surface area contributed by atoms with Crippen molar-refractivity contribution in [3.05, 3.63) is 60.6 Å². The average Bonchev–Trinajstić information content (AvgIpc) is 2.85. The molecule has 20 heavy (non-hydrogen) atoms. The number of benzene rings is 1. The van der Waals surface area contributed by atoms with Crippen molar-refractivity contribution >= 4 is 0 Å². The first-order chi connectivity index (χ1) is 9.72. The molecule has 2 heterocycles. The minimum Gasteiger partial charge on any atom is -0.362 e. The Morgan fingerprint density at radius 2 is 2.20 bits per heavy atom. The summed E-state index contributed by atoms with van der Waals surface area (Å²) in [5, 5.41) is 0. The van der Waals surface area contributed by atoms with Gasteiger partial charge in [0.05, 0.1) is 12.4 Å². The molecule has 0 spiro atoms. The molecule has 1 aromatic heterocycles. The van der Waals surface area contributed by atoms with Crippen LogP contribution in [0.25, 0.3) is 11.3 Å². The predicted molar refractivity (Wildman–Crippen MR) is 74.7 cm³/mol. The minimum atomic E-state index is -0.257. The number of aromatic nitrogens is 2. The molecule has 102 valence electrons. The van der Waals surface area contributed by atoms with Gasteiger partial charge < -0.3 is 9.80 Å². The Morgan fingerprint density at radius 1 is 1.30 bits per heavy atom. The molecular formula is C15H15FN4. The van der Waals surface area contributed by atoms with Crippen molar-refractivity contribution in [3.63, 3.8) is 0 Å². The van der Waals surface area contributed by atoms with Gasteiger partial charge in [-0.2, -0.15) is 0 Å². The molecule has 0 amide bonds. The molecule has 0 unspecified atom stereocenters. The maximum absolute atomic E-state index is 13.4. The molecule has 1 aliphatic heterocycles. The second kappa shape index (κ2) is 5.28. The van der Waals surface area contributed by atoms with E-state index in [0.29, 0.717) is 6.54 Å². The quantitative estimate of drug-likeness (QED) is 0.857. The van der Waals surface area contributed by atoms with Crippen molar-refractivity contribution in [1.29, 1.82) is 0 Å². The third kappa shape index (κ3) is 2.61. The molecule has 0 saturated carbocycles. The summed E-state index contributed by atoms with van der Waals surface area (Å²) in [5.74, 6) is -0.257. The first-order valence-corrected chi connectivity index (χ1v) is 6.40. The smallest absolute Gasteiger partial charge is 0.123 e. The van der Waals surface area contributed by atoms with Crippen LogP contribution < -0.4 is 0 Å². The van der Waals surface area contributed by atoms with Crippen molar-refractivity contribution < 1.29 is 4.39 Å². The SMILES string of the molecule is CN1C=CN(Cc2cncnc2-c2cccc(F)c2)C1. The van der Waals surface area contributed by atoms with Gasteiger partial charge in [0.2, 0.25) is 0 Å². The molecule has 0 radical (unpaired) electrons. The third-order valence-electron chi connectivity index (χ3n) is 3.20. The number of rotatable bonds is 3. The van der Waals surface area contributed by atoms with Crippen molar-refractivity contribution in [2.24, 2.45) is 0 Å². The first kappa shape index (κ1) is 12.6. The number of hydrogen-bond donors (Lipinski definition) is 0. The molecule has 1 aliphatic rings. The van der Waals surface area contributed by atoms with E-state index in [2.05, 4.69) is 19.8 Å². The Hall–Kier alpha value is -2.43. The summed E-state index contributed by atoms with van der Waals surface area (Å²) in [5.41, 5.74) is 2.54. The van der Waals surface area contributed by atoms with Crippen LogP contribution in [0.4, 0.5) is 4.39 Å². The van der Waals surface area contributed by atoms with E-state index in [1.54, 1.807) is 12.3 Å². The Bertz CT molecular complexity index is 641. The van der Waals surface area contributed by atoms with Gasteiger partial charge >= 0.3 is 0 Å². The monoisotopic (exact) mass is 270 g/mol. The fourth-order valence-electron chi connectivity index (χ4n) is 2.28. The lowest BCUT2D eigenvalue weighted by Gasteiger charge is -2.19. The fraction of sp³-hybridized carbons (Fsp3) is 0.200. The first-order valence-electron chi connectivity index (χ1n) is 6.40.